The minimum absolute atomic E-state index is 0.00522. The molecule has 8 heteroatoms. The molecule has 2 rings (SSSR count). The van der Waals surface area contributed by atoms with E-state index in [9.17, 15) is 14.9 Å². The molecular weight excluding hydrogens is 290 g/mol. The maximum atomic E-state index is 12.2. The standard InChI is InChI=1S/C14H13N3O5/c1-21-11-4-3-7-15-13(11)16-14(18)9-5-6-10(17(19)20)12(8-9)22-2/h3-8H,1-2H3,(H,15,16,18). The highest BCUT2D eigenvalue weighted by molar-refractivity contribution is 6.04. The second-order valence-corrected chi connectivity index (χ2v) is 4.15. The fourth-order valence-corrected chi connectivity index (χ4v) is 1.80. The van der Waals surface area contributed by atoms with E-state index in [0.29, 0.717) is 5.75 Å². The Kier molecular flexibility index (Phi) is 4.52. The number of anilines is 1. The zero-order chi connectivity index (χ0) is 16.1. The van der Waals surface area contributed by atoms with Crippen LogP contribution in [0, 0.1) is 10.1 Å². The number of methoxy groups -OCH3 is 2. The number of nitro benzene ring substituents is 1. The summed E-state index contributed by atoms with van der Waals surface area (Å²) in [5.41, 5.74) is -0.00961. The first-order chi connectivity index (χ1) is 10.6. The topological polar surface area (TPSA) is 104 Å². The van der Waals surface area contributed by atoms with Crippen molar-refractivity contribution in [1.29, 1.82) is 0 Å². The maximum Gasteiger partial charge on any atom is 0.310 e. The third-order valence-electron chi connectivity index (χ3n) is 2.86. The summed E-state index contributed by atoms with van der Waals surface area (Å²) < 4.78 is 10.0. The van der Waals surface area contributed by atoms with Crippen molar-refractivity contribution in [2.45, 2.75) is 0 Å². The average molecular weight is 303 g/mol. The van der Waals surface area contributed by atoms with Crippen LogP contribution in [0.4, 0.5) is 11.5 Å². The van der Waals surface area contributed by atoms with Gasteiger partial charge in [-0.2, -0.15) is 0 Å². The number of nitrogens with zero attached hydrogens (tertiary/aromatic N) is 2. The highest BCUT2D eigenvalue weighted by Gasteiger charge is 2.18. The van der Waals surface area contributed by atoms with Crippen LogP contribution in [0.25, 0.3) is 0 Å². The number of carbonyl (C=O) groups excluding carboxylic acids is 1. The van der Waals surface area contributed by atoms with Crippen molar-refractivity contribution in [3.05, 3.63) is 52.2 Å². The number of rotatable bonds is 5. The molecule has 0 bridgehead atoms. The number of aromatic nitrogens is 1. The maximum absolute atomic E-state index is 12.2. The molecule has 0 aliphatic heterocycles. The highest BCUT2D eigenvalue weighted by atomic mass is 16.6. The third-order valence-corrected chi connectivity index (χ3v) is 2.86. The number of hydrogen-bond donors (Lipinski definition) is 1. The summed E-state index contributed by atoms with van der Waals surface area (Å²) in [4.78, 5) is 26.5. The van der Waals surface area contributed by atoms with Gasteiger partial charge in [-0.3, -0.25) is 14.9 Å². The van der Waals surface area contributed by atoms with Crippen LogP contribution in [-0.4, -0.2) is 30.0 Å². The molecule has 1 aromatic heterocycles. The molecule has 0 radical (unpaired) electrons. The van der Waals surface area contributed by atoms with Gasteiger partial charge < -0.3 is 14.8 Å². The van der Waals surface area contributed by atoms with Crippen LogP contribution in [0.1, 0.15) is 10.4 Å². The minimum atomic E-state index is -0.581. The van der Waals surface area contributed by atoms with Crippen LogP contribution in [0.3, 0.4) is 0 Å². The predicted molar refractivity (Wildman–Crippen MR) is 78.4 cm³/mol. The van der Waals surface area contributed by atoms with Crippen LogP contribution in [0.15, 0.2) is 36.5 Å². The summed E-state index contributed by atoms with van der Waals surface area (Å²) in [6, 6.07) is 7.17. The summed E-state index contributed by atoms with van der Waals surface area (Å²) in [6.45, 7) is 0. The Balaban J connectivity index is 2.28. The van der Waals surface area contributed by atoms with Crippen molar-refractivity contribution in [1.82, 2.24) is 4.98 Å². The fraction of sp³-hybridized carbons (Fsp3) is 0.143. The largest absolute Gasteiger partial charge is 0.493 e. The number of amides is 1. The van der Waals surface area contributed by atoms with Crippen LogP contribution in [0.2, 0.25) is 0 Å². The molecule has 0 spiro atoms. The highest BCUT2D eigenvalue weighted by Crippen LogP contribution is 2.28. The van der Waals surface area contributed by atoms with Gasteiger partial charge in [0.25, 0.3) is 5.91 Å². The van der Waals surface area contributed by atoms with E-state index in [2.05, 4.69) is 10.3 Å². The number of pyridine rings is 1. The van der Waals surface area contributed by atoms with Gasteiger partial charge in [0.1, 0.15) is 0 Å². The molecule has 0 fully saturated rings. The lowest BCUT2D eigenvalue weighted by molar-refractivity contribution is -0.385. The van der Waals surface area contributed by atoms with Gasteiger partial charge >= 0.3 is 5.69 Å². The second-order valence-electron chi connectivity index (χ2n) is 4.15. The van der Waals surface area contributed by atoms with Crippen molar-refractivity contribution in [3.8, 4) is 11.5 Å². The number of hydrogen-bond acceptors (Lipinski definition) is 6. The van der Waals surface area contributed by atoms with Crippen molar-refractivity contribution < 1.29 is 19.2 Å². The van der Waals surface area contributed by atoms with Gasteiger partial charge in [-0.1, -0.05) is 0 Å². The van der Waals surface area contributed by atoms with E-state index in [-0.39, 0.29) is 22.8 Å². The number of nitrogens with one attached hydrogen (secondary N) is 1. The van der Waals surface area contributed by atoms with E-state index in [1.807, 2.05) is 0 Å². The summed E-state index contributed by atoms with van der Waals surface area (Å²) in [5, 5.41) is 13.4. The molecule has 2 aromatic rings. The summed E-state index contributed by atoms with van der Waals surface area (Å²) in [6.07, 6.45) is 1.51. The number of benzene rings is 1. The van der Waals surface area contributed by atoms with E-state index in [1.165, 1.54) is 38.6 Å². The van der Waals surface area contributed by atoms with E-state index < -0.39 is 10.8 Å². The predicted octanol–water partition coefficient (Wildman–Crippen LogP) is 2.26. The van der Waals surface area contributed by atoms with Crippen LogP contribution in [0.5, 0.6) is 11.5 Å². The van der Waals surface area contributed by atoms with E-state index >= 15 is 0 Å². The Morgan fingerprint density at radius 2 is 1.95 bits per heavy atom. The van der Waals surface area contributed by atoms with Crippen LogP contribution >= 0.6 is 0 Å². The van der Waals surface area contributed by atoms with Crippen molar-refractivity contribution in [3.63, 3.8) is 0 Å². The third kappa shape index (κ3) is 3.11. The van der Waals surface area contributed by atoms with Crippen LogP contribution in [-0.2, 0) is 0 Å². The van der Waals surface area contributed by atoms with Gasteiger partial charge in [-0.15, -0.1) is 0 Å². The lowest BCUT2D eigenvalue weighted by Gasteiger charge is -2.09. The molecule has 0 saturated carbocycles. The Bertz CT molecular complexity index is 717. The molecule has 22 heavy (non-hydrogen) atoms. The lowest BCUT2D eigenvalue weighted by atomic mass is 10.1. The molecule has 0 unspecified atom stereocenters. The molecule has 0 atom stereocenters. The lowest BCUT2D eigenvalue weighted by Crippen LogP contribution is -2.14. The van der Waals surface area contributed by atoms with E-state index in [4.69, 9.17) is 9.47 Å². The molecule has 114 valence electrons. The Labute approximate surface area is 125 Å². The average Bonchev–Trinajstić information content (AvgIpc) is 2.54. The Hall–Kier alpha value is -3.16. The summed E-state index contributed by atoms with van der Waals surface area (Å²) in [5.74, 6) is 0.188. The van der Waals surface area contributed by atoms with Gasteiger partial charge in [0, 0.05) is 23.9 Å². The number of carbonyl (C=O) groups is 1. The number of ether oxygens (including phenoxy) is 2. The fourth-order valence-electron chi connectivity index (χ4n) is 1.80. The smallest absolute Gasteiger partial charge is 0.310 e. The van der Waals surface area contributed by atoms with Gasteiger partial charge in [0.2, 0.25) is 0 Å². The second kappa shape index (κ2) is 6.53. The molecule has 0 aliphatic carbocycles. The zero-order valence-electron chi connectivity index (χ0n) is 11.9. The Morgan fingerprint density at radius 3 is 2.59 bits per heavy atom. The molecule has 8 nitrogen and oxygen atoms in total. The van der Waals surface area contributed by atoms with Crippen molar-refractivity contribution in [2.24, 2.45) is 0 Å². The SMILES string of the molecule is COc1cc(C(=O)Nc2ncccc2OC)ccc1[N+](=O)[O-]. The van der Waals surface area contributed by atoms with Gasteiger partial charge in [-0.05, 0) is 18.2 Å². The van der Waals surface area contributed by atoms with Gasteiger partial charge in [0.15, 0.2) is 17.3 Å². The first-order valence-electron chi connectivity index (χ1n) is 6.19. The monoisotopic (exact) mass is 303 g/mol. The quantitative estimate of drug-likeness (QED) is 0.671. The van der Waals surface area contributed by atoms with Gasteiger partial charge in [-0.25, -0.2) is 4.98 Å². The molecule has 1 heterocycles. The van der Waals surface area contributed by atoms with Gasteiger partial charge in [0.05, 0.1) is 19.1 Å². The number of nitro groups is 1. The molecular formula is C14H13N3O5. The molecule has 1 amide bonds. The molecule has 0 aliphatic rings. The zero-order valence-corrected chi connectivity index (χ0v) is 11.9. The molecule has 1 N–H and O–H groups in total. The van der Waals surface area contributed by atoms with Crippen molar-refractivity contribution >= 4 is 17.4 Å². The Morgan fingerprint density at radius 1 is 1.23 bits per heavy atom. The van der Waals surface area contributed by atoms with Crippen LogP contribution < -0.4 is 14.8 Å². The van der Waals surface area contributed by atoms with Crippen molar-refractivity contribution in [2.75, 3.05) is 19.5 Å². The normalized spacial score (nSPS) is 9.91. The summed E-state index contributed by atoms with van der Waals surface area (Å²) in [7, 11) is 2.76. The first kappa shape index (κ1) is 15.2. The van der Waals surface area contributed by atoms with E-state index in [0.717, 1.165) is 0 Å². The molecule has 0 saturated heterocycles. The first-order valence-corrected chi connectivity index (χ1v) is 6.19. The minimum Gasteiger partial charge on any atom is -0.493 e. The summed E-state index contributed by atoms with van der Waals surface area (Å²) >= 11 is 0. The van der Waals surface area contributed by atoms with E-state index in [1.54, 1.807) is 12.1 Å². The molecule has 1 aromatic carbocycles.